The Morgan fingerprint density at radius 2 is 1.88 bits per heavy atom. The SMILES string of the molecule is CC(C)c1ccc(OCC(=O)NCc2ccc(-c3ccco3)o2)cc1. The lowest BCUT2D eigenvalue weighted by atomic mass is 10.0. The third-order valence-corrected chi connectivity index (χ3v) is 3.80. The van der Waals surface area contributed by atoms with Gasteiger partial charge in [-0.2, -0.15) is 0 Å². The van der Waals surface area contributed by atoms with Gasteiger partial charge in [-0.15, -0.1) is 0 Å². The van der Waals surface area contributed by atoms with Gasteiger partial charge in [0.15, 0.2) is 18.1 Å². The van der Waals surface area contributed by atoms with Crippen molar-refractivity contribution in [1.82, 2.24) is 5.32 Å². The lowest BCUT2D eigenvalue weighted by molar-refractivity contribution is -0.123. The highest BCUT2D eigenvalue weighted by atomic mass is 16.5. The topological polar surface area (TPSA) is 64.6 Å². The minimum absolute atomic E-state index is 0.0349. The van der Waals surface area contributed by atoms with Crippen molar-refractivity contribution < 1.29 is 18.4 Å². The maximum absolute atomic E-state index is 11.9. The van der Waals surface area contributed by atoms with Gasteiger partial charge in [0.05, 0.1) is 12.8 Å². The number of benzene rings is 1. The van der Waals surface area contributed by atoms with E-state index in [9.17, 15) is 4.79 Å². The summed E-state index contributed by atoms with van der Waals surface area (Å²) >= 11 is 0. The first-order valence-corrected chi connectivity index (χ1v) is 8.24. The number of ether oxygens (including phenoxy) is 1. The molecule has 0 radical (unpaired) electrons. The molecule has 5 nitrogen and oxygen atoms in total. The van der Waals surface area contributed by atoms with E-state index in [1.54, 1.807) is 12.3 Å². The maximum atomic E-state index is 11.9. The van der Waals surface area contributed by atoms with E-state index in [0.29, 0.717) is 35.5 Å². The largest absolute Gasteiger partial charge is 0.484 e. The molecule has 0 unspecified atom stereocenters. The van der Waals surface area contributed by atoms with Gasteiger partial charge < -0.3 is 18.9 Å². The van der Waals surface area contributed by atoms with Crippen molar-refractivity contribution in [2.24, 2.45) is 0 Å². The summed E-state index contributed by atoms with van der Waals surface area (Å²) in [5.41, 5.74) is 1.24. The fourth-order valence-corrected chi connectivity index (χ4v) is 2.36. The van der Waals surface area contributed by atoms with Crippen LogP contribution in [0.25, 0.3) is 11.5 Å². The van der Waals surface area contributed by atoms with Crippen molar-refractivity contribution in [3.63, 3.8) is 0 Å². The molecule has 0 aliphatic carbocycles. The van der Waals surface area contributed by atoms with Crippen molar-refractivity contribution in [2.75, 3.05) is 6.61 Å². The first kappa shape index (κ1) is 16.9. The minimum atomic E-state index is -0.205. The van der Waals surface area contributed by atoms with Crippen molar-refractivity contribution >= 4 is 5.91 Å². The van der Waals surface area contributed by atoms with Crippen LogP contribution in [0.4, 0.5) is 0 Å². The number of hydrogen-bond acceptors (Lipinski definition) is 4. The van der Waals surface area contributed by atoms with E-state index in [2.05, 4.69) is 19.2 Å². The molecule has 1 N–H and O–H groups in total. The first-order valence-electron chi connectivity index (χ1n) is 8.24. The normalized spacial score (nSPS) is 10.8. The van der Waals surface area contributed by atoms with Gasteiger partial charge in [0.1, 0.15) is 11.5 Å². The standard InChI is InChI=1S/C20H21NO4/c1-14(2)15-5-7-16(8-6-15)24-13-20(22)21-12-17-9-10-19(25-17)18-4-3-11-23-18/h3-11,14H,12-13H2,1-2H3,(H,21,22). The summed E-state index contributed by atoms with van der Waals surface area (Å²) in [6, 6.07) is 15.0. The number of rotatable bonds is 7. The molecule has 1 aromatic carbocycles. The van der Waals surface area contributed by atoms with Gasteiger partial charge in [0, 0.05) is 0 Å². The van der Waals surface area contributed by atoms with E-state index in [4.69, 9.17) is 13.6 Å². The molecule has 0 spiro atoms. The lowest BCUT2D eigenvalue weighted by Crippen LogP contribution is -2.28. The third-order valence-electron chi connectivity index (χ3n) is 3.80. The minimum Gasteiger partial charge on any atom is -0.484 e. The van der Waals surface area contributed by atoms with Crippen LogP contribution in [0.5, 0.6) is 5.75 Å². The molecular weight excluding hydrogens is 318 g/mol. The molecule has 0 atom stereocenters. The van der Waals surface area contributed by atoms with Crippen LogP contribution < -0.4 is 10.1 Å². The molecule has 2 aromatic heterocycles. The predicted molar refractivity (Wildman–Crippen MR) is 94.3 cm³/mol. The highest BCUT2D eigenvalue weighted by Gasteiger charge is 2.09. The van der Waals surface area contributed by atoms with Crippen molar-refractivity contribution in [1.29, 1.82) is 0 Å². The molecule has 0 bridgehead atoms. The van der Waals surface area contributed by atoms with Crippen LogP contribution in [-0.2, 0) is 11.3 Å². The Kier molecular flexibility index (Phi) is 5.23. The number of furan rings is 2. The average Bonchev–Trinajstić information content (AvgIpc) is 3.29. The van der Waals surface area contributed by atoms with Gasteiger partial charge >= 0.3 is 0 Å². The predicted octanol–water partition coefficient (Wildman–Crippen LogP) is 4.36. The monoisotopic (exact) mass is 339 g/mol. The van der Waals surface area contributed by atoms with Crippen LogP contribution in [0.2, 0.25) is 0 Å². The molecule has 25 heavy (non-hydrogen) atoms. The first-order chi connectivity index (χ1) is 12.1. The summed E-state index contributed by atoms with van der Waals surface area (Å²) in [6.45, 7) is 4.53. The molecule has 0 aliphatic rings. The number of nitrogens with one attached hydrogen (secondary N) is 1. The zero-order valence-corrected chi connectivity index (χ0v) is 14.3. The fraction of sp³-hybridized carbons (Fsp3) is 0.250. The fourth-order valence-electron chi connectivity index (χ4n) is 2.36. The van der Waals surface area contributed by atoms with Gasteiger partial charge in [0.2, 0.25) is 0 Å². The Morgan fingerprint density at radius 3 is 2.56 bits per heavy atom. The number of carbonyl (C=O) groups excluding carboxylic acids is 1. The van der Waals surface area contributed by atoms with E-state index < -0.39 is 0 Å². The van der Waals surface area contributed by atoms with Crippen LogP contribution in [0.1, 0.15) is 31.1 Å². The Hall–Kier alpha value is -2.95. The molecule has 0 saturated carbocycles. The number of carbonyl (C=O) groups is 1. The molecule has 1 amide bonds. The highest BCUT2D eigenvalue weighted by Crippen LogP contribution is 2.22. The van der Waals surface area contributed by atoms with E-state index in [-0.39, 0.29) is 12.5 Å². The summed E-state index contributed by atoms with van der Waals surface area (Å²) in [5.74, 6) is 2.89. The van der Waals surface area contributed by atoms with Crippen molar-refractivity contribution in [3.8, 4) is 17.3 Å². The quantitative estimate of drug-likeness (QED) is 0.695. The summed E-state index contributed by atoms with van der Waals surface area (Å²) in [5, 5.41) is 2.77. The Balaban J connectivity index is 1.45. The Bertz CT molecular complexity index is 801. The van der Waals surface area contributed by atoms with Gasteiger partial charge in [-0.1, -0.05) is 26.0 Å². The lowest BCUT2D eigenvalue weighted by Gasteiger charge is -2.09. The summed E-state index contributed by atoms with van der Waals surface area (Å²) in [7, 11) is 0. The molecule has 2 heterocycles. The Labute approximate surface area is 146 Å². The molecule has 5 heteroatoms. The summed E-state index contributed by atoms with van der Waals surface area (Å²) < 4.78 is 16.4. The molecule has 0 aliphatic heterocycles. The number of hydrogen-bond donors (Lipinski definition) is 1. The zero-order valence-electron chi connectivity index (χ0n) is 14.3. The van der Waals surface area contributed by atoms with Crippen molar-refractivity contribution in [2.45, 2.75) is 26.3 Å². The number of amides is 1. The molecule has 3 rings (SSSR count). The van der Waals surface area contributed by atoms with Crippen LogP contribution in [0.3, 0.4) is 0 Å². The summed E-state index contributed by atoms with van der Waals surface area (Å²) in [4.78, 5) is 11.9. The molecule has 3 aromatic rings. The third kappa shape index (κ3) is 4.53. The van der Waals surface area contributed by atoms with Crippen LogP contribution in [0.15, 0.2) is 63.6 Å². The van der Waals surface area contributed by atoms with Gasteiger partial charge in [0.25, 0.3) is 5.91 Å². The van der Waals surface area contributed by atoms with Crippen molar-refractivity contribution in [3.05, 3.63) is 66.1 Å². The molecule has 0 fully saturated rings. The second kappa shape index (κ2) is 7.75. The van der Waals surface area contributed by atoms with Gasteiger partial charge in [-0.05, 0) is 47.9 Å². The zero-order chi connectivity index (χ0) is 17.6. The van der Waals surface area contributed by atoms with Gasteiger partial charge in [-0.3, -0.25) is 4.79 Å². The van der Waals surface area contributed by atoms with Crippen LogP contribution in [0, 0.1) is 0 Å². The molecular formula is C20H21NO4. The smallest absolute Gasteiger partial charge is 0.258 e. The van der Waals surface area contributed by atoms with Crippen LogP contribution in [-0.4, -0.2) is 12.5 Å². The van der Waals surface area contributed by atoms with E-state index in [1.807, 2.05) is 42.5 Å². The highest BCUT2D eigenvalue weighted by molar-refractivity contribution is 5.77. The second-order valence-electron chi connectivity index (χ2n) is 6.03. The van der Waals surface area contributed by atoms with E-state index >= 15 is 0 Å². The Morgan fingerprint density at radius 1 is 1.08 bits per heavy atom. The second-order valence-corrected chi connectivity index (χ2v) is 6.03. The van der Waals surface area contributed by atoms with E-state index in [1.165, 1.54) is 5.56 Å². The maximum Gasteiger partial charge on any atom is 0.258 e. The molecule has 0 saturated heterocycles. The molecule has 130 valence electrons. The van der Waals surface area contributed by atoms with Gasteiger partial charge in [-0.25, -0.2) is 0 Å². The average molecular weight is 339 g/mol. The van der Waals surface area contributed by atoms with E-state index in [0.717, 1.165) is 0 Å². The van der Waals surface area contributed by atoms with Crippen LogP contribution >= 0.6 is 0 Å². The summed E-state index contributed by atoms with van der Waals surface area (Å²) in [6.07, 6.45) is 1.59.